The lowest BCUT2D eigenvalue weighted by molar-refractivity contribution is -0.140. The van der Waals surface area contributed by atoms with Crippen molar-refractivity contribution >= 4 is 37.8 Å². The summed E-state index contributed by atoms with van der Waals surface area (Å²) in [5.41, 5.74) is 1.08. The third-order valence-electron chi connectivity index (χ3n) is 2.44. The number of ether oxygens (including phenoxy) is 2. The van der Waals surface area contributed by atoms with Gasteiger partial charge in [0.25, 0.3) is 0 Å². The highest BCUT2D eigenvalue weighted by Crippen LogP contribution is 2.27. The maximum Gasteiger partial charge on any atom is 0.330 e. The zero-order valence-electron chi connectivity index (χ0n) is 10.7. The summed E-state index contributed by atoms with van der Waals surface area (Å²) in [4.78, 5) is 10.9. The summed E-state index contributed by atoms with van der Waals surface area (Å²) in [6.45, 7) is 5.98. The molecule has 1 rings (SSSR count). The summed E-state index contributed by atoms with van der Waals surface area (Å²) < 4.78 is 12.6. The first-order valence-corrected chi connectivity index (χ1v) is 7.52. The molecule has 19 heavy (non-hydrogen) atoms. The molecule has 0 saturated heterocycles. The third kappa shape index (κ3) is 5.89. The van der Waals surface area contributed by atoms with Crippen molar-refractivity contribution in [2.24, 2.45) is 0 Å². The number of halogens is 2. The number of hydrogen-bond acceptors (Lipinski definition) is 3. The van der Waals surface area contributed by atoms with Crippen LogP contribution in [0.25, 0.3) is 0 Å². The van der Waals surface area contributed by atoms with Crippen LogP contribution in [0.5, 0.6) is 0 Å². The predicted octanol–water partition coefficient (Wildman–Crippen LogP) is 4.41. The van der Waals surface area contributed by atoms with Gasteiger partial charge in [-0.15, -0.1) is 0 Å². The van der Waals surface area contributed by atoms with Gasteiger partial charge in [0.05, 0.1) is 12.7 Å². The van der Waals surface area contributed by atoms with Gasteiger partial charge >= 0.3 is 5.97 Å². The van der Waals surface area contributed by atoms with Gasteiger partial charge in [-0.25, -0.2) is 4.79 Å². The van der Waals surface area contributed by atoms with Gasteiger partial charge in [0, 0.05) is 15.0 Å². The Hall–Kier alpha value is -0.650. The Bertz CT molecular complexity index is 426. The van der Waals surface area contributed by atoms with E-state index in [1.165, 1.54) is 0 Å². The Labute approximate surface area is 130 Å². The fourth-order valence-corrected chi connectivity index (χ4v) is 2.93. The first kappa shape index (κ1) is 16.4. The Balaban J connectivity index is 2.53. The predicted molar refractivity (Wildman–Crippen MR) is 82.0 cm³/mol. The zero-order chi connectivity index (χ0) is 14.3. The summed E-state index contributed by atoms with van der Waals surface area (Å²) in [5, 5.41) is 0. The van der Waals surface area contributed by atoms with Crippen LogP contribution >= 0.6 is 31.9 Å². The second kappa shape index (κ2) is 8.51. The summed E-state index contributed by atoms with van der Waals surface area (Å²) >= 11 is 6.91. The van der Waals surface area contributed by atoms with E-state index in [0.717, 1.165) is 27.0 Å². The van der Waals surface area contributed by atoms with Crippen LogP contribution in [0.2, 0.25) is 0 Å². The minimum absolute atomic E-state index is 0.0174. The Morgan fingerprint density at radius 3 is 2.47 bits per heavy atom. The number of carbonyl (C=O) groups is 1. The average molecular weight is 392 g/mol. The van der Waals surface area contributed by atoms with Gasteiger partial charge in [0.15, 0.2) is 0 Å². The van der Waals surface area contributed by atoms with E-state index in [-0.39, 0.29) is 12.7 Å². The molecular formula is C14H16Br2O3. The van der Waals surface area contributed by atoms with E-state index < -0.39 is 5.97 Å². The van der Waals surface area contributed by atoms with E-state index in [0.29, 0.717) is 6.61 Å². The van der Waals surface area contributed by atoms with Crippen molar-refractivity contribution in [1.29, 1.82) is 0 Å². The second-order valence-corrected chi connectivity index (χ2v) is 5.67. The molecule has 0 aliphatic heterocycles. The zero-order valence-corrected chi connectivity index (χ0v) is 13.9. The maximum absolute atomic E-state index is 10.9. The molecule has 0 heterocycles. The van der Waals surface area contributed by atoms with E-state index in [4.69, 9.17) is 9.47 Å². The highest BCUT2D eigenvalue weighted by molar-refractivity contribution is 9.11. The Morgan fingerprint density at radius 2 is 1.95 bits per heavy atom. The molecule has 0 fully saturated rings. The van der Waals surface area contributed by atoms with Crippen LogP contribution in [0.3, 0.4) is 0 Å². The van der Waals surface area contributed by atoms with Gasteiger partial charge in [-0.2, -0.15) is 0 Å². The SMILES string of the molecule is C=CC(=O)OCCOC(CC)c1cc(Br)cc(Br)c1. The maximum atomic E-state index is 10.9. The van der Waals surface area contributed by atoms with Crippen LogP contribution in [-0.4, -0.2) is 19.2 Å². The summed E-state index contributed by atoms with van der Waals surface area (Å²) in [5.74, 6) is -0.429. The third-order valence-corrected chi connectivity index (χ3v) is 3.36. The van der Waals surface area contributed by atoms with Crippen molar-refractivity contribution < 1.29 is 14.3 Å². The molecule has 0 bridgehead atoms. The molecule has 5 heteroatoms. The van der Waals surface area contributed by atoms with Gasteiger partial charge in [0.2, 0.25) is 0 Å². The molecule has 0 amide bonds. The molecule has 1 aromatic rings. The number of hydrogen-bond donors (Lipinski definition) is 0. The number of carbonyl (C=O) groups excluding carboxylic acids is 1. The van der Waals surface area contributed by atoms with Crippen molar-refractivity contribution in [1.82, 2.24) is 0 Å². The molecule has 0 spiro atoms. The highest BCUT2D eigenvalue weighted by atomic mass is 79.9. The molecule has 0 radical (unpaired) electrons. The molecule has 0 aliphatic rings. The first-order valence-electron chi connectivity index (χ1n) is 5.93. The minimum atomic E-state index is -0.429. The number of esters is 1. The molecule has 0 N–H and O–H groups in total. The largest absolute Gasteiger partial charge is 0.460 e. The molecule has 3 nitrogen and oxygen atoms in total. The van der Waals surface area contributed by atoms with E-state index >= 15 is 0 Å². The Morgan fingerprint density at radius 1 is 1.32 bits per heavy atom. The molecule has 0 aliphatic carbocycles. The standard InChI is InChI=1S/C14H16Br2O3/c1-3-13(18-5-6-19-14(17)4-2)10-7-11(15)9-12(16)8-10/h4,7-9,13H,2-3,5-6H2,1H3. The van der Waals surface area contributed by atoms with Crippen LogP contribution in [-0.2, 0) is 14.3 Å². The van der Waals surface area contributed by atoms with Crippen molar-refractivity contribution in [3.63, 3.8) is 0 Å². The van der Waals surface area contributed by atoms with Gasteiger partial charge in [-0.3, -0.25) is 0 Å². The van der Waals surface area contributed by atoms with E-state index in [1.807, 2.05) is 18.2 Å². The molecule has 0 aromatic heterocycles. The highest BCUT2D eigenvalue weighted by Gasteiger charge is 2.11. The van der Waals surface area contributed by atoms with Crippen LogP contribution in [0, 0.1) is 0 Å². The topological polar surface area (TPSA) is 35.5 Å². The van der Waals surface area contributed by atoms with Crippen molar-refractivity contribution in [3.8, 4) is 0 Å². The monoisotopic (exact) mass is 390 g/mol. The normalized spacial score (nSPS) is 11.9. The van der Waals surface area contributed by atoms with E-state index in [2.05, 4.69) is 45.4 Å². The summed E-state index contributed by atoms with van der Waals surface area (Å²) in [6, 6.07) is 6.02. The lowest BCUT2D eigenvalue weighted by Crippen LogP contribution is -2.11. The van der Waals surface area contributed by atoms with Crippen LogP contribution in [0.15, 0.2) is 39.8 Å². The van der Waals surface area contributed by atoms with Crippen LogP contribution in [0.1, 0.15) is 25.0 Å². The lowest BCUT2D eigenvalue weighted by Gasteiger charge is -2.17. The first-order chi connectivity index (χ1) is 9.06. The van der Waals surface area contributed by atoms with E-state index in [9.17, 15) is 4.79 Å². The second-order valence-electron chi connectivity index (χ2n) is 3.84. The van der Waals surface area contributed by atoms with Crippen molar-refractivity contribution in [2.75, 3.05) is 13.2 Å². The average Bonchev–Trinajstić information content (AvgIpc) is 2.37. The van der Waals surface area contributed by atoms with E-state index in [1.54, 1.807) is 0 Å². The molecule has 1 unspecified atom stereocenters. The summed E-state index contributed by atoms with van der Waals surface area (Å²) in [7, 11) is 0. The molecule has 0 saturated carbocycles. The molecule has 1 atom stereocenters. The molecule has 104 valence electrons. The van der Waals surface area contributed by atoms with Crippen molar-refractivity contribution in [3.05, 3.63) is 45.4 Å². The molecule has 1 aromatic carbocycles. The Kier molecular flexibility index (Phi) is 7.34. The summed E-state index contributed by atoms with van der Waals surface area (Å²) in [6.07, 6.45) is 1.97. The quantitative estimate of drug-likeness (QED) is 0.392. The smallest absolute Gasteiger partial charge is 0.330 e. The van der Waals surface area contributed by atoms with Gasteiger partial charge in [0.1, 0.15) is 6.61 Å². The lowest BCUT2D eigenvalue weighted by atomic mass is 10.1. The van der Waals surface area contributed by atoms with Gasteiger partial charge < -0.3 is 9.47 Å². The minimum Gasteiger partial charge on any atom is -0.460 e. The number of benzene rings is 1. The van der Waals surface area contributed by atoms with Crippen molar-refractivity contribution in [2.45, 2.75) is 19.4 Å². The van der Waals surface area contributed by atoms with Crippen LogP contribution < -0.4 is 0 Å². The fourth-order valence-electron chi connectivity index (χ4n) is 1.60. The fraction of sp³-hybridized carbons (Fsp3) is 0.357. The molecular weight excluding hydrogens is 376 g/mol. The van der Waals surface area contributed by atoms with Gasteiger partial charge in [-0.05, 0) is 30.2 Å². The van der Waals surface area contributed by atoms with Crippen LogP contribution in [0.4, 0.5) is 0 Å². The van der Waals surface area contributed by atoms with Gasteiger partial charge in [-0.1, -0.05) is 45.4 Å². The number of rotatable bonds is 7.